The van der Waals surface area contributed by atoms with Gasteiger partial charge in [0.2, 0.25) is 5.13 Å². The van der Waals surface area contributed by atoms with E-state index in [1.165, 1.54) is 23.6 Å². The fraction of sp³-hybridized carbons (Fsp3) is 0. The zero-order valence-corrected chi connectivity index (χ0v) is 12.2. The van der Waals surface area contributed by atoms with Gasteiger partial charge >= 0.3 is 0 Å². The standard InChI is InChI=1S/C16H11N3O2S/c20-19(21)15-9-5-4-8-13(15)10-17-16-18-14(11-22-16)12-6-2-1-3-7-12/h1-11H/b17-10+. The lowest BCUT2D eigenvalue weighted by molar-refractivity contribution is -0.385. The van der Waals surface area contributed by atoms with Crippen LogP contribution in [0.1, 0.15) is 5.56 Å². The smallest absolute Gasteiger partial charge is 0.258 e. The lowest BCUT2D eigenvalue weighted by Gasteiger charge is -1.95. The molecule has 0 aliphatic heterocycles. The molecular formula is C16H11N3O2S. The van der Waals surface area contributed by atoms with Crippen molar-refractivity contribution in [2.24, 2.45) is 4.99 Å². The number of aliphatic imine (C=N–C) groups is 1. The van der Waals surface area contributed by atoms with Gasteiger partial charge in [0.25, 0.3) is 5.69 Å². The molecule has 22 heavy (non-hydrogen) atoms. The molecule has 0 N–H and O–H groups in total. The van der Waals surface area contributed by atoms with E-state index < -0.39 is 4.92 Å². The van der Waals surface area contributed by atoms with Gasteiger partial charge in [-0.15, -0.1) is 11.3 Å². The Kier molecular flexibility index (Phi) is 4.02. The summed E-state index contributed by atoms with van der Waals surface area (Å²) in [6.07, 6.45) is 1.48. The lowest BCUT2D eigenvalue weighted by atomic mass is 10.2. The van der Waals surface area contributed by atoms with Gasteiger partial charge in [0.05, 0.1) is 16.2 Å². The summed E-state index contributed by atoms with van der Waals surface area (Å²) in [5.74, 6) is 0. The summed E-state index contributed by atoms with van der Waals surface area (Å²) in [6, 6.07) is 16.3. The minimum Gasteiger partial charge on any atom is -0.258 e. The van der Waals surface area contributed by atoms with E-state index in [0.717, 1.165) is 11.3 Å². The van der Waals surface area contributed by atoms with Gasteiger partial charge in [0.15, 0.2) is 0 Å². The Hall–Kier alpha value is -2.86. The molecule has 0 saturated heterocycles. The first-order chi connectivity index (χ1) is 10.7. The minimum atomic E-state index is -0.418. The van der Waals surface area contributed by atoms with Crippen LogP contribution in [0.15, 0.2) is 65.0 Å². The average molecular weight is 309 g/mol. The maximum absolute atomic E-state index is 11.0. The third-order valence-corrected chi connectivity index (χ3v) is 3.76. The van der Waals surface area contributed by atoms with Crippen LogP contribution in [0.3, 0.4) is 0 Å². The third-order valence-electron chi connectivity index (χ3n) is 3.01. The molecule has 0 spiro atoms. The molecule has 0 saturated carbocycles. The van der Waals surface area contributed by atoms with E-state index in [-0.39, 0.29) is 5.69 Å². The molecule has 2 aromatic carbocycles. The molecule has 6 heteroatoms. The maximum atomic E-state index is 11.0. The van der Waals surface area contributed by atoms with Crippen LogP contribution < -0.4 is 0 Å². The highest BCUT2D eigenvalue weighted by molar-refractivity contribution is 7.13. The van der Waals surface area contributed by atoms with Crippen molar-refractivity contribution in [3.63, 3.8) is 0 Å². The van der Waals surface area contributed by atoms with Gasteiger partial charge in [0.1, 0.15) is 0 Å². The van der Waals surface area contributed by atoms with E-state index in [1.807, 2.05) is 35.7 Å². The number of benzene rings is 2. The first-order valence-corrected chi connectivity index (χ1v) is 7.40. The van der Waals surface area contributed by atoms with E-state index in [0.29, 0.717) is 10.7 Å². The second-order valence-corrected chi connectivity index (χ2v) is 5.29. The van der Waals surface area contributed by atoms with Crippen LogP contribution in [-0.2, 0) is 0 Å². The molecular weight excluding hydrogens is 298 g/mol. The fourth-order valence-corrected chi connectivity index (χ4v) is 2.62. The Bertz CT molecular complexity index is 828. The van der Waals surface area contributed by atoms with Crippen LogP contribution in [0.2, 0.25) is 0 Å². The highest BCUT2D eigenvalue weighted by atomic mass is 32.1. The van der Waals surface area contributed by atoms with E-state index >= 15 is 0 Å². The monoisotopic (exact) mass is 309 g/mol. The highest BCUT2D eigenvalue weighted by Gasteiger charge is 2.10. The summed E-state index contributed by atoms with van der Waals surface area (Å²) in [4.78, 5) is 19.2. The zero-order valence-electron chi connectivity index (χ0n) is 11.4. The number of nitro groups is 1. The average Bonchev–Trinajstić information content (AvgIpc) is 3.03. The van der Waals surface area contributed by atoms with Crippen molar-refractivity contribution in [3.8, 4) is 11.3 Å². The molecule has 1 heterocycles. The van der Waals surface area contributed by atoms with Crippen molar-refractivity contribution in [1.82, 2.24) is 4.98 Å². The van der Waals surface area contributed by atoms with Gasteiger partial charge < -0.3 is 0 Å². The Balaban J connectivity index is 1.86. The van der Waals surface area contributed by atoms with Crippen LogP contribution in [0.5, 0.6) is 0 Å². The summed E-state index contributed by atoms with van der Waals surface area (Å²) in [7, 11) is 0. The molecule has 0 bridgehead atoms. The number of thiazole rings is 1. The van der Waals surface area contributed by atoms with Gasteiger partial charge in [-0.2, -0.15) is 0 Å². The van der Waals surface area contributed by atoms with Crippen molar-refractivity contribution >= 4 is 28.4 Å². The molecule has 3 rings (SSSR count). The summed E-state index contributed by atoms with van der Waals surface area (Å²) >= 11 is 1.40. The Morgan fingerprint density at radius 2 is 1.82 bits per heavy atom. The lowest BCUT2D eigenvalue weighted by Crippen LogP contribution is -1.93. The second-order valence-electron chi connectivity index (χ2n) is 4.46. The van der Waals surface area contributed by atoms with Crippen LogP contribution in [0.25, 0.3) is 11.3 Å². The molecule has 108 valence electrons. The summed E-state index contributed by atoms with van der Waals surface area (Å²) in [6.45, 7) is 0. The molecule has 5 nitrogen and oxygen atoms in total. The van der Waals surface area contributed by atoms with Crippen molar-refractivity contribution in [2.45, 2.75) is 0 Å². The largest absolute Gasteiger partial charge is 0.278 e. The van der Waals surface area contributed by atoms with E-state index in [2.05, 4.69) is 9.98 Å². The molecule has 0 atom stereocenters. The van der Waals surface area contributed by atoms with Gasteiger partial charge in [-0.1, -0.05) is 42.5 Å². The van der Waals surface area contributed by atoms with Gasteiger partial charge in [0, 0.05) is 23.2 Å². The molecule has 0 amide bonds. The number of hydrogen-bond acceptors (Lipinski definition) is 5. The highest BCUT2D eigenvalue weighted by Crippen LogP contribution is 2.26. The normalized spacial score (nSPS) is 10.9. The summed E-state index contributed by atoms with van der Waals surface area (Å²) < 4.78 is 0. The Morgan fingerprint density at radius 3 is 2.59 bits per heavy atom. The summed E-state index contributed by atoms with van der Waals surface area (Å²) in [5.41, 5.74) is 2.36. The molecule has 0 fully saturated rings. The molecule has 3 aromatic rings. The fourth-order valence-electron chi connectivity index (χ4n) is 1.95. The number of para-hydroxylation sites is 1. The first-order valence-electron chi connectivity index (χ1n) is 6.52. The topological polar surface area (TPSA) is 68.4 Å². The SMILES string of the molecule is O=[N+]([O-])c1ccccc1/C=N/c1nc(-c2ccccc2)cs1. The van der Waals surface area contributed by atoms with E-state index in [1.54, 1.807) is 18.2 Å². The molecule has 0 aliphatic rings. The number of nitro benzene ring substituents is 1. The van der Waals surface area contributed by atoms with Crippen molar-refractivity contribution in [3.05, 3.63) is 75.7 Å². The first kappa shape index (κ1) is 14.1. The molecule has 0 radical (unpaired) electrons. The molecule has 1 aromatic heterocycles. The predicted molar refractivity (Wildman–Crippen MR) is 87.9 cm³/mol. The predicted octanol–water partition coefficient (Wildman–Crippen LogP) is 4.47. The Morgan fingerprint density at radius 1 is 1.09 bits per heavy atom. The number of hydrogen-bond donors (Lipinski definition) is 0. The van der Waals surface area contributed by atoms with Gasteiger partial charge in [-0.3, -0.25) is 10.1 Å². The number of rotatable bonds is 4. The minimum absolute atomic E-state index is 0.0334. The zero-order chi connectivity index (χ0) is 15.4. The van der Waals surface area contributed by atoms with Crippen molar-refractivity contribution in [1.29, 1.82) is 0 Å². The van der Waals surface area contributed by atoms with E-state index in [9.17, 15) is 10.1 Å². The summed E-state index contributed by atoms with van der Waals surface area (Å²) in [5, 5.41) is 13.4. The van der Waals surface area contributed by atoms with Crippen LogP contribution in [0, 0.1) is 10.1 Å². The molecule has 0 unspecified atom stereocenters. The third kappa shape index (κ3) is 3.07. The number of aromatic nitrogens is 1. The van der Waals surface area contributed by atoms with Crippen LogP contribution in [0.4, 0.5) is 10.8 Å². The molecule has 0 aliphatic carbocycles. The number of nitrogens with zero attached hydrogens (tertiary/aromatic N) is 3. The van der Waals surface area contributed by atoms with Crippen LogP contribution >= 0.6 is 11.3 Å². The quantitative estimate of drug-likeness (QED) is 0.405. The van der Waals surface area contributed by atoms with Crippen LogP contribution in [-0.4, -0.2) is 16.1 Å². The van der Waals surface area contributed by atoms with Gasteiger partial charge in [-0.25, -0.2) is 9.98 Å². The Labute approximate surface area is 130 Å². The van der Waals surface area contributed by atoms with Gasteiger partial charge in [-0.05, 0) is 6.07 Å². The second kappa shape index (κ2) is 6.28. The van der Waals surface area contributed by atoms with E-state index in [4.69, 9.17) is 0 Å². The maximum Gasteiger partial charge on any atom is 0.278 e. The van der Waals surface area contributed by atoms with Crippen molar-refractivity contribution in [2.75, 3.05) is 0 Å². The van der Waals surface area contributed by atoms with Crippen molar-refractivity contribution < 1.29 is 4.92 Å².